The van der Waals surface area contributed by atoms with Gasteiger partial charge in [0.1, 0.15) is 11.6 Å². The highest BCUT2D eigenvalue weighted by Gasteiger charge is 2.04. The molecule has 4 nitrogen and oxygen atoms in total. The summed E-state index contributed by atoms with van der Waals surface area (Å²) in [5.41, 5.74) is 6.59. The Hall–Kier alpha value is -1.81. The Kier molecular flexibility index (Phi) is 3.22. The van der Waals surface area contributed by atoms with E-state index in [0.29, 0.717) is 6.54 Å². The highest BCUT2D eigenvalue weighted by molar-refractivity contribution is 5.40. The molecule has 1 aromatic heterocycles. The molecule has 0 fully saturated rings. The van der Waals surface area contributed by atoms with Crippen molar-refractivity contribution in [1.29, 1.82) is 0 Å². The summed E-state index contributed by atoms with van der Waals surface area (Å²) >= 11 is 0. The summed E-state index contributed by atoms with van der Waals surface area (Å²) in [7, 11) is 1.66. The lowest BCUT2D eigenvalue weighted by molar-refractivity contribution is 0.414. The standard InChI is InChI=1S/C12H15N3O/c1-16-11-4-2-3-10(9-11)15-8-7-14-12(15)5-6-13/h2-4,7-9H,5-6,13H2,1H3. The van der Waals surface area contributed by atoms with Gasteiger partial charge < -0.3 is 15.0 Å². The number of aromatic nitrogens is 2. The van der Waals surface area contributed by atoms with Crippen molar-refractivity contribution in [2.24, 2.45) is 5.73 Å². The molecule has 0 spiro atoms. The van der Waals surface area contributed by atoms with Gasteiger partial charge in [-0.2, -0.15) is 0 Å². The van der Waals surface area contributed by atoms with Crippen LogP contribution in [0.1, 0.15) is 5.82 Å². The van der Waals surface area contributed by atoms with Crippen molar-refractivity contribution in [2.75, 3.05) is 13.7 Å². The van der Waals surface area contributed by atoms with Crippen LogP contribution < -0.4 is 10.5 Å². The van der Waals surface area contributed by atoms with Crippen LogP contribution in [0.15, 0.2) is 36.7 Å². The summed E-state index contributed by atoms with van der Waals surface area (Å²) in [5, 5.41) is 0. The van der Waals surface area contributed by atoms with Gasteiger partial charge in [0.2, 0.25) is 0 Å². The summed E-state index contributed by atoms with van der Waals surface area (Å²) in [6.07, 6.45) is 4.48. The summed E-state index contributed by atoms with van der Waals surface area (Å²) in [6.45, 7) is 0.598. The zero-order valence-electron chi connectivity index (χ0n) is 9.26. The third-order valence-corrected chi connectivity index (χ3v) is 2.42. The monoisotopic (exact) mass is 217 g/mol. The molecule has 2 rings (SSSR count). The minimum Gasteiger partial charge on any atom is -0.497 e. The molecule has 84 valence electrons. The van der Waals surface area contributed by atoms with Crippen LogP contribution in [-0.2, 0) is 6.42 Å². The Morgan fingerprint density at radius 2 is 2.31 bits per heavy atom. The molecule has 0 radical (unpaired) electrons. The minimum atomic E-state index is 0.598. The molecule has 0 aliphatic carbocycles. The second kappa shape index (κ2) is 4.81. The predicted octanol–water partition coefficient (Wildman–Crippen LogP) is 1.38. The molecule has 0 aliphatic rings. The summed E-state index contributed by atoms with van der Waals surface area (Å²) in [5.74, 6) is 1.81. The largest absolute Gasteiger partial charge is 0.497 e. The molecular formula is C12H15N3O. The Morgan fingerprint density at radius 1 is 1.44 bits per heavy atom. The lowest BCUT2D eigenvalue weighted by Crippen LogP contribution is -2.08. The Balaban J connectivity index is 2.37. The first kappa shape index (κ1) is 10.7. The molecule has 0 aliphatic heterocycles. The van der Waals surface area contributed by atoms with Crippen molar-refractivity contribution in [1.82, 2.24) is 9.55 Å². The summed E-state index contributed by atoms with van der Waals surface area (Å²) in [4.78, 5) is 4.28. The third-order valence-electron chi connectivity index (χ3n) is 2.42. The first-order valence-corrected chi connectivity index (χ1v) is 5.22. The first-order chi connectivity index (χ1) is 7.85. The number of ether oxygens (including phenoxy) is 1. The fourth-order valence-corrected chi connectivity index (χ4v) is 1.64. The van der Waals surface area contributed by atoms with Crippen LogP contribution in [-0.4, -0.2) is 23.2 Å². The van der Waals surface area contributed by atoms with Gasteiger partial charge in [-0.15, -0.1) is 0 Å². The quantitative estimate of drug-likeness (QED) is 0.841. The smallest absolute Gasteiger partial charge is 0.120 e. The van der Waals surface area contributed by atoms with E-state index in [1.165, 1.54) is 0 Å². The van der Waals surface area contributed by atoms with E-state index in [1.807, 2.05) is 35.0 Å². The fraction of sp³-hybridized carbons (Fsp3) is 0.250. The number of imidazole rings is 1. The Labute approximate surface area is 94.7 Å². The van der Waals surface area contributed by atoms with Gasteiger partial charge in [0.15, 0.2) is 0 Å². The molecule has 0 saturated heterocycles. The van der Waals surface area contributed by atoms with Crippen LogP contribution in [0.2, 0.25) is 0 Å². The number of hydrogen-bond acceptors (Lipinski definition) is 3. The maximum atomic E-state index is 5.54. The maximum absolute atomic E-state index is 5.54. The topological polar surface area (TPSA) is 53.1 Å². The van der Waals surface area contributed by atoms with Crippen molar-refractivity contribution in [2.45, 2.75) is 6.42 Å². The number of benzene rings is 1. The second-order valence-electron chi connectivity index (χ2n) is 3.45. The second-order valence-corrected chi connectivity index (χ2v) is 3.45. The molecular weight excluding hydrogens is 202 g/mol. The highest BCUT2D eigenvalue weighted by atomic mass is 16.5. The average molecular weight is 217 g/mol. The van der Waals surface area contributed by atoms with E-state index in [0.717, 1.165) is 23.7 Å². The predicted molar refractivity (Wildman–Crippen MR) is 62.9 cm³/mol. The van der Waals surface area contributed by atoms with Crippen molar-refractivity contribution < 1.29 is 4.74 Å². The van der Waals surface area contributed by atoms with Crippen LogP contribution in [0.4, 0.5) is 0 Å². The maximum Gasteiger partial charge on any atom is 0.120 e. The van der Waals surface area contributed by atoms with Gasteiger partial charge >= 0.3 is 0 Å². The van der Waals surface area contributed by atoms with E-state index >= 15 is 0 Å². The van der Waals surface area contributed by atoms with Gasteiger partial charge in [0, 0.05) is 24.9 Å². The highest BCUT2D eigenvalue weighted by Crippen LogP contribution is 2.17. The lowest BCUT2D eigenvalue weighted by Gasteiger charge is -2.08. The molecule has 0 atom stereocenters. The van der Waals surface area contributed by atoms with Gasteiger partial charge in [-0.05, 0) is 18.7 Å². The molecule has 2 aromatic rings. The van der Waals surface area contributed by atoms with E-state index < -0.39 is 0 Å². The summed E-state index contributed by atoms with van der Waals surface area (Å²) in [6, 6.07) is 7.87. The van der Waals surface area contributed by atoms with Gasteiger partial charge in [-0.1, -0.05) is 6.07 Å². The molecule has 0 amide bonds. The molecule has 16 heavy (non-hydrogen) atoms. The average Bonchev–Trinajstić information content (AvgIpc) is 2.78. The van der Waals surface area contributed by atoms with E-state index in [2.05, 4.69) is 4.98 Å². The fourth-order valence-electron chi connectivity index (χ4n) is 1.64. The van der Waals surface area contributed by atoms with E-state index in [9.17, 15) is 0 Å². The zero-order chi connectivity index (χ0) is 11.4. The number of hydrogen-bond donors (Lipinski definition) is 1. The number of nitrogens with two attached hydrogens (primary N) is 1. The SMILES string of the molecule is COc1cccc(-n2ccnc2CCN)c1. The van der Waals surface area contributed by atoms with E-state index in [1.54, 1.807) is 13.3 Å². The van der Waals surface area contributed by atoms with Gasteiger partial charge in [0.05, 0.1) is 12.8 Å². The Bertz CT molecular complexity index is 465. The zero-order valence-corrected chi connectivity index (χ0v) is 9.26. The van der Waals surface area contributed by atoms with Crippen LogP contribution in [0, 0.1) is 0 Å². The third kappa shape index (κ3) is 2.06. The van der Waals surface area contributed by atoms with Crippen LogP contribution in [0.25, 0.3) is 5.69 Å². The Morgan fingerprint density at radius 3 is 3.06 bits per heavy atom. The van der Waals surface area contributed by atoms with E-state index in [4.69, 9.17) is 10.5 Å². The number of methoxy groups -OCH3 is 1. The van der Waals surface area contributed by atoms with Crippen molar-refractivity contribution in [3.05, 3.63) is 42.5 Å². The minimum absolute atomic E-state index is 0.598. The molecule has 0 bridgehead atoms. The number of nitrogens with zero attached hydrogens (tertiary/aromatic N) is 2. The van der Waals surface area contributed by atoms with Crippen molar-refractivity contribution in [3.63, 3.8) is 0 Å². The van der Waals surface area contributed by atoms with Crippen molar-refractivity contribution in [3.8, 4) is 11.4 Å². The molecule has 0 unspecified atom stereocenters. The van der Waals surface area contributed by atoms with Gasteiger partial charge in [0.25, 0.3) is 0 Å². The van der Waals surface area contributed by atoms with Crippen LogP contribution >= 0.6 is 0 Å². The van der Waals surface area contributed by atoms with Gasteiger partial charge in [-0.25, -0.2) is 4.98 Å². The van der Waals surface area contributed by atoms with E-state index in [-0.39, 0.29) is 0 Å². The van der Waals surface area contributed by atoms with Gasteiger partial charge in [-0.3, -0.25) is 0 Å². The molecule has 1 aromatic carbocycles. The number of rotatable bonds is 4. The summed E-state index contributed by atoms with van der Waals surface area (Å²) < 4.78 is 7.22. The van der Waals surface area contributed by atoms with Crippen LogP contribution in [0.3, 0.4) is 0 Å². The normalized spacial score (nSPS) is 10.4. The lowest BCUT2D eigenvalue weighted by atomic mass is 10.3. The molecule has 4 heteroatoms. The van der Waals surface area contributed by atoms with Crippen LogP contribution in [0.5, 0.6) is 5.75 Å². The molecule has 2 N–H and O–H groups in total. The van der Waals surface area contributed by atoms with Crippen molar-refractivity contribution >= 4 is 0 Å². The molecule has 0 saturated carbocycles. The first-order valence-electron chi connectivity index (χ1n) is 5.22. The molecule has 1 heterocycles.